The number of aromatic nitrogens is 4. The lowest BCUT2D eigenvalue weighted by Crippen LogP contribution is -2.44. The Morgan fingerprint density at radius 1 is 1.14 bits per heavy atom. The summed E-state index contributed by atoms with van der Waals surface area (Å²) in [5.74, 6) is 0.860. The normalized spacial score (nSPS) is 18.4. The monoisotopic (exact) mass is 388 g/mol. The van der Waals surface area contributed by atoms with E-state index >= 15 is 0 Å². The van der Waals surface area contributed by atoms with Crippen LogP contribution in [0.2, 0.25) is 0 Å². The second-order valence-corrected chi connectivity index (χ2v) is 7.89. The van der Waals surface area contributed by atoms with Crippen LogP contribution in [0.15, 0.2) is 48.5 Å². The van der Waals surface area contributed by atoms with Crippen LogP contribution in [0, 0.1) is 0 Å². The van der Waals surface area contributed by atoms with Crippen molar-refractivity contribution in [3.8, 4) is 11.4 Å². The number of para-hydroxylation sites is 1. The van der Waals surface area contributed by atoms with Gasteiger partial charge < -0.3 is 10.2 Å². The van der Waals surface area contributed by atoms with Gasteiger partial charge in [0.1, 0.15) is 0 Å². The summed E-state index contributed by atoms with van der Waals surface area (Å²) in [4.78, 5) is 15.0. The van der Waals surface area contributed by atoms with Crippen molar-refractivity contribution in [2.24, 2.45) is 0 Å². The van der Waals surface area contributed by atoms with Crippen molar-refractivity contribution in [1.82, 2.24) is 20.2 Å². The maximum atomic E-state index is 13.0. The Bertz CT molecular complexity index is 1040. The van der Waals surface area contributed by atoms with Gasteiger partial charge in [-0.2, -0.15) is 0 Å². The summed E-state index contributed by atoms with van der Waals surface area (Å²) in [6.45, 7) is 2.36. The van der Waals surface area contributed by atoms with Crippen LogP contribution < -0.4 is 10.2 Å². The molecule has 0 bridgehead atoms. The molecular weight excluding hydrogens is 364 g/mol. The van der Waals surface area contributed by atoms with Gasteiger partial charge in [-0.3, -0.25) is 4.79 Å². The summed E-state index contributed by atoms with van der Waals surface area (Å²) in [5.41, 5.74) is 4.12. The molecule has 2 aliphatic rings. The molecule has 5 rings (SSSR count). The molecule has 1 fully saturated rings. The molecular formula is C22H24N6O. The smallest absolute Gasteiger partial charge is 0.246 e. The minimum atomic E-state index is 0.0814. The average Bonchev–Trinajstić information content (AvgIpc) is 3.48. The highest BCUT2D eigenvalue weighted by Gasteiger charge is 2.29. The highest BCUT2D eigenvalue weighted by Crippen LogP contribution is 2.37. The first-order chi connectivity index (χ1) is 14.2. The molecule has 2 heterocycles. The van der Waals surface area contributed by atoms with Crippen LogP contribution in [0.25, 0.3) is 11.4 Å². The van der Waals surface area contributed by atoms with Crippen molar-refractivity contribution in [2.75, 3.05) is 16.8 Å². The number of carbonyl (C=O) groups is 1. The Balaban J connectivity index is 1.32. The summed E-state index contributed by atoms with van der Waals surface area (Å²) in [6.07, 6.45) is 4.26. The van der Waals surface area contributed by atoms with Gasteiger partial charge in [-0.25, -0.2) is 4.68 Å². The fourth-order valence-electron chi connectivity index (χ4n) is 4.05. The quantitative estimate of drug-likeness (QED) is 0.724. The lowest BCUT2D eigenvalue weighted by molar-refractivity contribution is -0.117. The molecule has 0 radical (unpaired) electrons. The fraction of sp³-hybridized carbons (Fsp3) is 0.364. The molecule has 148 valence electrons. The van der Waals surface area contributed by atoms with E-state index in [2.05, 4.69) is 33.8 Å². The van der Waals surface area contributed by atoms with Crippen molar-refractivity contribution in [1.29, 1.82) is 0 Å². The summed E-state index contributed by atoms with van der Waals surface area (Å²) in [5, 5.41) is 15.4. The van der Waals surface area contributed by atoms with Gasteiger partial charge in [-0.05, 0) is 66.8 Å². The number of nitrogens with one attached hydrogen (secondary N) is 1. The number of nitrogens with zero attached hydrogens (tertiary/aromatic N) is 5. The molecule has 1 atom stereocenters. The Labute approximate surface area is 169 Å². The Morgan fingerprint density at radius 3 is 2.86 bits per heavy atom. The molecule has 0 saturated heterocycles. The van der Waals surface area contributed by atoms with Gasteiger partial charge in [-0.1, -0.05) is 30.3 Å². The number of fused-ring (bicyclic) bond motifs is 1. The van der Waals surface area contributed by atoms with Crippen LogP contribution in [0.1, 0.15) is 37.8 Å². The summed E-state index contributed by atoms with van der Waals surface area (Å²) < 4.78 is 1.90. The molecule has 3 aromatic rings. The molecule has 1 aliphatic carbocycles. The molecule has 7 nitrogen and oxygen atoms in total. The number of amides is 1. The standard InChI is InChI=1S/C22H24N6O/c1-15-9-10-16-5-2-3-8-20(16)27(15)21(29)14-23-18-7-4-6-17(13-18)22-24-25-26-28(22)19-11-12-19/h2-8,13,15,19,23H,9-12,14H2,1H3/t15-/m1/s1. The summed E-state index contributed by atoms with van der Waals surface area (Å²) >= 11 is 0. The number of aryl methyl sites for hydroxylation is 1. The topological polar surface area (TPSA) is 75.9 Å². The lowest BCUT2D eigenvalue weighted by Gasteiger charge is -2.35. The number of rotatable bonds is 5. The lowest BCUT2D eigenvalue weighted by atomic mass is 9.96. The van der Waals surface area contributed by atoms with Gasteiger partial charge in [0.15, 0.2) is 5.82 Å². The van der Waals surface area contributed by atoms with Crippen molar-refractivity contribution in [2.45, 2.75) is 44.7 Å². The van der Waals surface area contributed by atoms with Crippen LogP contribution in [0.4, 0.5) is 11.4 Å². The SMILES string of the molecule is C[C@@H]1CCc2ccccc2N1C(=O)CNc1cccc(-c2nnnn2C2CC2)c1. The number of anilines is 2. The van der Waals surface area contributed by atoms with E-state index in [1.165, 1.54) is 5.56 Å². The third-order valence-corrected chi connectivity index (χ3v) is 5.74. The van der Waals surface area contributed by atoms with E-state index in [9.17, 15) is 4.79 Å². The van der Waals surface area contributed by atoms with Crippen molar-refractivity contribution in [3.63, 3.8) is 0 Å². The van der Waals surface area contributed by atoms with E-state index in [-0.39, 0.29) is 18.5 Å². The zero-order valence-electron chi connectivity index (χ0n) is 16.5. The Hall–Kier alpha value is -3.22. The number of benzene rings is 2. The molecule has 2 aromatic carbocycles. The van der Waals surface area contributed by atoms with Crippen molar-refractivity contribution < 1.29 is 4.79 Å². The molecule has 1 N–H and O–H groups in total. The van der Waals surface area contributed by atoms with Crippen molar-refractivity contribution in [3.05, 3.63) is 54.1 Å². The first kappa shape index (κ1) is 17.8. The molecule has 1 aliphatic heterocycles. The third kappa shape index (κ3) is 3.48. The van der Waals surface area contributed by atoms with Crippen LogP contribution in [-0.2, 0) is 11.2 Å². The van der Waals surface area contributed by atoms with E-state index in [0.29, 0.717) is 6.04 Å². The average molecular weight is 388 g/mol. The maximum absolute atomic E-state index is 13.0. The second kappa shape index (κ2) is 7.31. The molecule has 29 heavy (non-hydrogen) atoms. The number of tetrazole rings is 1. The zero-order chi connectivity index (χ0) is 19.8. The molecule has 7 heteroatoms. The van der Waals surface area contributed by atoms with E-state index in [0.717, 1.165) is 48.4 Å². The molecule has 1 saturated carbocycles. The summed E-state index contributed by atoms with van der Waals surface area (Å²) in [6, 6.07) is 16.7. The van der Waals surface area contributed by atoms with Crippen LogP contribution >= 0.6 is 0 Å². The highest BCUT2D eigenvalue weighted by atomic mass is 16.2. The second-order valence-electron chi connectivity index (χ2n) is 7.89. The summed E-state index contributed by atoms with van der Waals surface area (Å²) in [7, 11) is 0. The van der Waals surface area contributed by atoms with E-state index in [1.807, 2.05) is 52.0 Å². The Morgan fingerprint density at radius 2 is 2.00 bits per heavy atom. The maximum Gasteiger partial charge on any atom is 0.246 e. The van der Waals surface area contributed by atoms with E-state index < -0.39 is 0 Å². The number of hydrogen-bond acceptors (Lipinski definition) is 5. The van der Waals surface area contributed by atoms with Gasteiger partial charge >= 0.3 is 0 Å². The van der Waals surface area contributed by atoms with E-state index in [1.54, 1.807) is 0 Å². The molecule has 1 aromatic heterocycles. The largest absolute Gasteiger partial charge is 0.376 e. The number of carbonyl (C=O) groups excluding carboxylic acids is 1. The van der Waals surface area contributed by atoms with Gasteiger partial charge in [0.25, 0.3) is 0 Å². The van der Waals surface area contributed by atoms with Crippen LogP contribution in [0.5, 0.6) is 0 Å². The first-order valence-corrected chi connectivity index (χ1v) is 10.2. The zero-order valence-corrected chi connectivity index (χ0v) is 16.5. The predicted octanol–water partition coefficient (Wildman–Crippen LogP) is 3.45. The molecule has 0 unspecified atom stereocenters. The van der Waals surface area contributed by atoms with Gasteiger partial charge in [0.05, 0.1) is 12.6 Å². The number of hydrogen-bond donors (Lipinski definition) is 1. The first-order valence-electron chi connectivity index (χ1n) is 10.2. The van der Waals surface area contributed by atoms with Crippen LogP contribution in [-0.4, -0.2) is 38.7 Å². The minimum absolute atomic E-state index is 0.0814. The van der Waals surface area contributed by atoms with Gasteiger partial charge in [-0.15, -0.1) is 5.10 Å². The molecule has 1 amide bonds. The van der Waals surface area contributed by atoms with Gasteiger partial charge in [0, 0.05) is 23.0 Å². The third-order valence-electron chi connectivity index (χ3n) is 5.74. The highest BCUT2D eigenvalue weighted by molar-refractivity contribution is 5.97. The van der Waals surface area contributed by atoms with Crippen LogP contribution in [0.3, 0.4) is 0 Å². The van der Waals surface area contributed by atoms with Crippen molar-refractivity contribution >= 4 is 17.3 Å². The molecule has 0 spiro atoms. The predicted molar refractivity (Wildman–Crippen MR) is 112 cm³/mol. The minimum Gasteiger partial charge on any atom is -0.376 e. The van der Waals surface area contributed by atoms with Gasteiger partial charge in [0.2, 0.25) is 5.91 Å². The van der Waals surface area contributed by atoms with E-state index in [4.69, 9.17) is 0 Å². The Kier molecular flexibility index (Phi) is 4.50. The fourth-order valence-corrected chi connectivity index (χ4v) is 4.05.